The van der Waals surface area contributed by atoms with Crippen LogP contribution >= 0.6 is 0 Å². The summed E-state index contributed by atoms with van der Waals surface area (Å²) >= 11 is 0. The van der Waals surface area contributed by atoms with E-state index in [-0.39, 0.29) is 0 Å². The summed E-state index contributed by atoms with van der Waals surface area (Å²) in [6.45, 7) is 5.44. The van der Waals surface area contributed by atoms with Gasteiger partial charge in [0.15, 0.2) is 5.96 Å². The van der Waals surface area contributed by atoms with Crippen molar-refractivity contribution in [2.45, 2.75) is 52.1 Å². The Morgan fingerprint density at radius 2 is 2.17 bits per heavy atom. The largest absolute Gasteiger partial charge is 0.467 e. The van der Waals surface area contributed by atoms with Gasteiger partial charge < -0.3 is 19.8 Å². The number of hydrogen-bond acceptors (Lipinski definition) is 3. The van der Waals surface area contributed by atoms with Gasteiger partial charge in [-0.05, 0) is 43.2 Å². The Morgan fingerprint density at radius 3 is 2.83 bits per heavy atom. The number of aliphatic imine (C=N–C) groups is 1. The van der Waals surface area contributed by atoms with Crippen LogP contribution in [0, 0.1) is 5.41 Å². The molecule has 0 aromatic carbocycles. The van der Waals surface area contributed by atoms with E-state index in [1.807, 2.05) is 19.2 Å². The molecule has 130 valence electrons. The summed E-state index contributed by atoms with van der Waals surface area (Å²) in [4.78, 5) is 4.31. The van der Waals surface area contributed by atoms with Crippen molar-refractivity contribution in [1.29, 1.82) is 0 Å². The molecule has 5 heteroatoms. The second-order valence-corrected chi connectivity index (χ2v) is 6.40. The zero-order chi connectivity index (χ0) is 16.4. The molecular weight excluding hydrogens is 290 g/mol. The quantitative estimate of drug-likeness (QED) is 0.416. The van der Waals surface area contributed by atoms with Gasteiger partial charge in [0.05, 0.1) is 6.26 Å². The molecule has 0 unspecified atom stereocenters. The molecule has 5 nitrogen and oxygen atoms in total. The Kier molecular flexibility index (Phi) is 7.46. The highest BCUT2D eigenvalue weighted by Gasteiger charge is 2.31. The third kappa shape index (κ3) is 5.90. The molecule has 0 radical (unpaired) electrons. The van der Waals surface area contributed by atoms with Gasteiger partial charge in [0.25, 0.3) is 0 Å². The zero-order valence-electron chi connectivity index (χ0n) is 14.6. The minimum absolute atomic E-state index is 0.476. The Bertz CT molecular complexity index is 451. The van der Waals surface area contributed by atoms with E-state index in [2.05, 4.69) is 22.5 Å². The van der Waals surface area contributed by atoms with E-state index in [1.165, 1.54) is 32.1 Å². The first-order chi connectivity index (χ1) is 11.3. The van der Waals surface area contributed by atoms with E-state index in [0.29, 0.717) is 18.6 Å². The highest BCUT2D eigenvalue weighted by atomic mass is 16.5. The van der Waals surface area contributed by atoms with Crippen LogP contribution in [0.1, 0.15) is 51.2 Å². The fourth-order valence-electron chi connectivity index (χ4n) is 3.22. The molecule has 1 aromatic rings. The second kappa shape index (κ2) is 9.60. The minimum atomic E-state index is 0.476. The van der Waals surface area contributed by atoms with Gasteiger partial charge in [-0.1, -0.05) is 19.8 Å². The van der Waals surface area contributed by atoms with Crippen molar-refractivity contribution in [2.75, 3.05) is 26.7 Å². The number of nitrogens with one attached hydrogen (secondary N) is 2. The van der Waals surface area contributed by atoms with Gasteiger partial charge in [-0.2, -0.15) is 0 Å². The molecule has 0 spiro atoms. The van der Waals surface area contributed by atoms with Crippen LogP contribution in [0.3, 0.4) is 0 Å². The molecule has 0 atom stereocenters. The van der Waals surface area contributed by atoms with Crippen LogP contribution in [0.5, 0.6) is 0 Å². The van der Waals surface area contributed by atoms with Gasteiger partial charge in [0, 0.05) is 26.7 Å². The molecule has 0 amide bonds. The fourth-order valence-corrected chi connectivity index (χ4v) is 3.22. The molecule has 0 bridgehead atoms. The number of hydrogen-bond donors (Lipinski definition) is 2. The number of ether oxygens (including phenoxy) is 1. The van der Waals surface area contributed by atoms with Gasteiger partial charge in [0.1, 0.15) is 12.4 Å². The molecule has 1 fully saturated rings. The molecule has 1 saturated carbocycles. The summed E-state index contributed by atoms with van der Waals surface area (Å²) in [6, 6.07) is 3.81. The minimum Gasteiger partial charge on any atom is -0.467 e. The normalized spacial score (nSPS) is 17.4. The lowest BCUT2D eigenvalue weighted by atomic mass is 9.83. The van der Waals surface area contributed by atoms with Gasteiger partial charge in [-0.3, -0.25) is 4.99 Å². The van der Waals surface area contributed by atoms with Crippen LogP contribution in [-0.4, -0.2) is 32.7 Å². The molecular formula is C18H31N3O2. The van der Waals surface area contributed by atoms with Gasteiger partial charge in [0.2, 0.25) is 0 Å². The van der Waals surface area contributed by atoms with E-state index >= 15 is 0 Å². The topological polar surface area (TPSA) is 58.8 Å². The summed E-state index contributed by atoms with van der Waals surface area (Å²) in [6.07, 6.45) is 9.28. The fraction of sp³-hybridized carbons (Fsp3) is 0.722. The predicted octanol–water partition coefficient (Wildman–Crippen LogP) is 3.32. The Morgan fingerprint density at radius 1 is 1.35 bits per heavy atom. The summed E-state index contributed by atoms with van der Waals surface area (Å²) in [5.41, 5.74) is 0.476. The van der Waals surface area contributed by atoms with Crippen molar-refractivity contribution in [3.8, 4) is 0 Å². The first kappa shape index (κ1) is 17.9. The van der Waals surface area contributed by atoms with Crippen LogP contribution in [-0.2, 0) is 11.3 Å². The molecule has 23 heavy (non-hydrogen) atoms. The number of rotatable bonds is 9. The number of guanidine groups is 1. The summed E-state index contributed by atoms with van der Waals surface area (Å²) in [5, 5.41) is 6.86. The molecule has 1 aliphatic rings. The van der Waals surface area contributed by atoms with Crippen LogP contribution in [0.2, 0.25) is 0 Å². The third-order valence-corrected chi connectivity index (χ3v) is 4.85. The molecule has 2 N–H and O–H groups in total. The highest BCUT2D eigenvalue weighted by Crippen LogP contribution is 2.40. The standard InChI is InChI=1S/C18H31N3O2/c1-3-18(9-4-5-10-18)15-21-17(19-2)20-11-7-12-22-14-16-8-6-13-23-16/h6,8,13H,3-5,7,9-12,14-15H2,1-2H3,(H2,19,20,21). The van der Waals surface area contributed by atoms with Crippen LogP contribution < -0.4 is 10.6 Å². The maximum Gasteiger partial charge on any atom is 0.190 e. The molecule has 1 heterocycles. The van der Waals surface area contributed by atoms with Gasteiger partial charge in [-0.25, -0.2) is 0 Å². The molecule has 1 aromatic heterocycles. The molecule has 1 aliphatic carbocycles. The second-order valence-electron chi connectivity index (χ2n) is 6.40. The third-order valence-electron chi connectivity index (χ3n) is 4.85. The van der Waals surface area contributed by atoms with Crippen LogP contribution in [0.4, 0.5) is 0 Å². The Hall–Kier alpha value is -1.49. The maximum absolute atomic E-state index is 5.57. The lowest BCUT2D eigenvalue weighted by molar-refractivity contribution is 0.105. The first-order valence-corrected chi connectivity index (χ1v) is 8.83. The Balaban J connectivity index is 1.56. The SMILES string of the molecule is CCC1(CNC(=NC)NCCCOCc2ccco2)CCCC1. The summed E-state index contributed by atoms with van der Waals surface area (Å²) in [5.74, 6) is 1.77. The van der Waals surface area contributed by atoms with Crippen molar-refractivity contribution in [3.05, 3.63) is 24.2 Å². The predicted molar refractivity (Wildman–Crippen MR) is 93.5 cm³/mol. The van der Waals surface area contributed by atoms with Crippen LogP contribution in [0.15, 0.2) is 27.8 Å². The smallest absolute Gasteiger partial charge is 0.190 e. The van der Waals surface area contributed by atoms with Crippen molar-refractivity contribution < 1.29 is 9.15 Å². The zero-order valence-corrected chi connectivity index (χ0v) is 14.6. The Labute approximate surface area is 139 Å². The van der Waals surface area contributed by atoms with Crippen molar-refractivity contribution >= 4 is 5.96 Å². The van der Waals surface area contributed by atoms with E-state index in [1.54, 1.807) is 6.26 Å². The highest BCUT2D eigenvalue weighted by molar-refractivity contribution is 5.79. The molecule has 0 saturated heterocycles. The lowest BCUT2D eigenvalue weighted by Crippen LogP contribution is -2.43. The van der Waals surface area contributed by atoms with E-state index in [9.17, 15) is 0 Å². The number of furan rings is 1. The van der Waals surface area contributed by atoms with E-state index in [4.69, 9.17) is 9.15 Å². The van der Waals surface area contributed by atoms with Crippen molar-refractivity contribution in [3.63, 3.8) is 0 Å². The van der Waals surface area contributed by atoms with Gasteiger partial charge >= 0.3 is 0 Å². The molecule has 2 rings (SSSR count). The summed E-state index contributed by atoms with van der Waals surface area (Å²) in [7, 11) is 1.83. The van der Waals surface area contributed by atoms with E-state index < -0.39 is 0 Å². The number of nitrogens with zero attached hydrogens (tertiary/aromatic N) is 1. The van der Waals surface area contributed by atoms with E-state index in [0.717, 1.165) is 31.2 Å². The average molecular weight is 321 g/mol. The monoisotopic (exact) mass is 321 g/mol. The molecule has 0 aliphatic heterocycles. The van der Waals surface area contributed by atoms with Crippen molar-refractivity contribution in [1.82, 2.24) is 10.6 Å². The summed E-state index contributed by atoms with van der Waals surface area (Å²) < 4.78 is 10.8. The van der Waals surface area contributed by atoms with Crippen LogP contribution in [0.25, 0.3) is 0 Å². The lowest BCUT2D eigenvalue weighted by Gasteiger charge is -2.28. The average Bonchev–Trinajstić information content (AvgIpc) is 3.25. The van der Waals surface area contributed by atoms with Crippen molar-refractivity contribution in [2.24, 2.45) is 10.4 Å². The maximum atomic E-state index is 5.57. The first-order valence-electron chi connectivity index (χ1n) is 8.83. The van der Waals surface area contributed by atoms with Gasteiger partial charge in [-0.15, -0.1) is 0 Å².